The van der Waals surface area contributed by atoms with E-state index in [1.165, 1.54) is 25.7 Å². The third-order valence-electron chi connectivity index (χ3n) is 1.10. The van der Waals surface area contributed by atoms with Crippen LogP contribution >= 0.6 is 0 Å². The predicted octanol–water partition coefficient (Wildman–Crippen LogP) is 1.87. The van der Waals surface area contributed by atoms with Gasteiger partial charge in [0.2, 0.25) is 0 Å². The summed E-state index contributed by atoms with van der Waals surface area (Å²) in [5.41, 5.74) is 0. The van der Waals surface area contributed by atoms with Gasteiger partial charge in [-0.15, -0.1) is 0 Å². The molecular formula is C7H17Ba. The average Bonchev–Trinajstić information content (AvgIpc) is 1.69. The Morgan fingerprint density at radius 2 is 1.75 bits per heavy atom. The number of hydrogen-bond acceptors (Lipinski definition) is 0. The van der Waals surface area contributed by atoms with Gasteiger partial charge < -0.3 is 0 Å². The van der Waals surface area contributed by atoms with Crippen LogP contribution in [0.1, 0.15) is 39.0 Å². The topological polar surface area (TPSA) is 0 Å². The normalized spacial score (nSPS) is 8.25. The molecule has 0 bridgehead atoms. The van der Waals surface area contributed by atoms with Crippen LogP contribution in [0.4, 0.5) is 0 Å². The molecule has 1 heteroatoms. The monoisotopic (exact) mass is 239 g/mol. The smallest absolute Gasteiger partial charge is 0.0533 e. The zero-order valence-corrected chi connectivity index (χ0v) is 5.24. The van der Waals surface area contributed by atoms with Crippen molar-refractivity contribution < 1.29 is 0 Å². The number of unbranched alkanes of at least 4 members (excludes halogenated alkanes) is 4. The third kappa shape index (κ3) is 10.5. The van der Waals surface area contributed by atoms with Crippen molar-refractivity contribution in [2.75, 3.05) is 0 Å². The molecule has 1 radical (unpaired) electrons. The van der Waals surface area contributed by atoms with Crippen LogP contribution in [0.15, 0.2) is 0 Å². The average molecular weight is 239 g/mol. The first-order valence-corrected chi connectivity index (χ1v) is 3.21. The van der Waals surface area contributed by atoms with E-state index in [0.29, 0.717) is 0 Å². The largest absolute Gasteiger partial charge is 0.0654 e. The molecule has 0 amide bonds. The van der Waals surface area contributed by atoms with Gasteiger partial charge >= 0.3 is 48.9 Å². The molecule has 0 atom stereocenters. The third-order valence-corrected chi connectivity index (χ3v) is 1.10. The van der Waals surface area contributed by atoms with E-state index in [0.717, 1.165) is 6.42 Å². The Labute approximate surface area is 93.5 Å². The first-order chi connectivity index (χ1) is 3.41. The van der Waals surface area contributed by atoms with Crippen molar-refractivity contribution in [2.45, 2.75) is 39.0 Å². The van der Waals surface area contributed by atoms with Gasteiger partial charge in [0, 0.05) is 0 Å². The van der Waals surface area contributed by atoms with Gasteiger partial charge in [-0.2, -0.15) is 0 Å². The molecule has 0 rings (SSSR count). The fourth-order valence-corrected chi connectivity index (χ4v) is 0.604. The maximum absolute atomic E-state index is 3.76. The van der Waals surface area contributed by atoms with Crippen LogP contribution < -0.4 is 0 Å². The minimum atomic E-state index is 0. The van der Waals surface area contributed by atoms with Gasteiger partial charge in [-0.05, 0) is 0 Å². The molecule has 0 saturated heterocycles. The summed E-state index contributed by atoms with van der Waals surface area (Å²) in [6, 6.07) is 0. The van der Waals surface area contributed by atoms with Crippen molar-refractivity contribution in [3.8, 4) is 0 Å². The second kappa shape index (κ2) is 11.4. The molecule has 0 aromatic rings. The van der Waals surface area contributed by atoms with Crippen molar-refractivity contribution >= 4 is 48.9 Å². The van der Waals surface area contributed by atoms with E-state index in [9.17, 15) is 0 Å². The SMILES string of the molecule is [BaH2].[CH2]CCCCCC. The Hall–Kier alpha value is 1.57. The van der Waals surface area contributed by atoms with Crippen LogP contribution in [0.2, 0.25) is 0 Å². The summed E-state index contributed by atoms with van der Waals surface area (Å²) in [6.07, 6.45) is 6.52. The van der Waals surface area contributed by atoms with Gasteiger partial charge in [-0.1, -0.05) is 46.0 Å². The molecule has 0 aliphatic rings. The fraction of sp³-hybridized carbons (Fsp3) is 0.857. The van der Waals surface area contributed by atoms with Gasteiger partial charge in [0.1, 0.15) is 0 Å². The van der Waals surface area contributed by atoms with Gasteiger partial charge in [0.25, 0.3) is 0 Å². The van der Waals surface area contributed by atoms with Crippen LogP contribution in [0, 0.1) is 6.92 Å². The molecule has 47 valence electrons. The quantitative estimate of drug-likeness (QED) is 0.518. The van der Waals surface area contributed by atoms with E-state index < -0.39 is 0 Å². The van der Waals surface area contributed by atoms with E-state index in [4.69, 9.17) is 0 Å². The van der Waals surface area contributed by atoms with Crippen molar-refractivity contribution in [1.82, 2.24) is 0 Å². The summed E-state index contributed by atoms with van der Waals surface area (Å²) in [5, 5.41) is 0. The zero-order chi connectivity index (χ0) is 5.54. The summed E-state index contributed by atoms with van der Waals surface area (Å²) >= 11 is 0. The Morgan fingerprint density at radius 1 is 1.12 bits per heavy atom. The summed E-state index contributed by atoms with van der Waals surface area (Å²) in [5.74, 6) is 0. The molecule has 0 spiro atoms. The fourth-order valence-electron chi connectivity index (χ4n) is 0.604. The Kier molecular flexibility index (Phi) is 17.4. The minimum Gasteiger partial charge on any atom is -0.0654 e. The van der Waals surface area contributed by atoms with E-state index >= 15 is 0 Å². The molecule has 0 fully saturated rings. The molecule has 0 nitrogen and oxygen atoms in total. The summed E-state index contributed by atoms with van der Waals surface area (Å²) in [7, 11) is 0. The molecule has 0 aliphatic carbocycles. The molecule has 0 aliphatic heterocycles. The minimum absolute atomic E-state index is 0. The van der Waals surface area contributed by atoms with E-state index in [-0.39, 0.29) is 48.9 Å². The molecule has 0 N–H and O–H groups in total. The van der Waals surface area contributed by atoms with Gasteiger partial charge in [0.15, 0.2) is 0 Å². The molecule has 8 heavy (non-hydrogen) atoms. The second-order valence-corrected chi connectivity index (χ2v) is 1.91. The predicted molar refractivity (Wildman–Crippen MR) is 42.7 cm³/mol. The van der Waals surface area contributed by atoms with E-state index in [1.807, 2.05) is 0 Å². The van der Waals surface area contributed by atoms with Crippen LogP contribution in [0.25, 0.3) is 0 Å². The van der Waals surface area contributed by atoms with Crippen molar-refractivity contribution in [2.24, 2.45) is 0 Å². The van der Waals surface area contributed by atoms with Crippen LogP contribution in [-0.4, -0.2) is 48.9 Å². The van der Waals surface area contributed by atoms with Crippen molar-refractivity contribution in [3.63, 3.8) is 0 Å². The van der Waals surface area contributed by atoms with E-state index in [2.05, 4.69) is 13.8 Å². The standard InChI is InChI=1S/C7H15.Ba.2H/c1-3-5-7-6-4-2;;;/h1,3-7H2,2H3;;;. The van der Waals surface area contributed by atoms with Gasteiger partial charge in [0.05, 0.1) is 0 Å². The molecule has 0 aromatic carbocycles. The van der Waals surface area contributed by atoms with Gasteiger partial charge in [-0.25, -0.2) is 0 Å². The van der Waals surface area contributed by atoms with Crippen LogP contribution in [0.3, 0.4) is 0 Å². The first-order valence-electron chi connectivity index (χ1n) is 3.21. The van der Waals surface area contributed by atoms with Crippen molar-refractivity contribution in [1.29, 1.82) is 0 Å². The first kappa shape index (κ1) is 12.3. The summed E-state index contributed by atoms with van der Waals surface area (Å²) in [6.45, 7) is 5.98. The number of hydrogen-bond donors (Lipinski definition) is 0. The van der Waals surface area contributed by atoms with Gasteiger partial charge in [-0.3, -0.25) is 0 Å². The molecule has 0 saturated carbocycles. The molecule has 0 aromatic heterocycles. The molecular weight excluding hydrogens is 221 g/mol. The van der Waals surface area contributed by atoms with Crippen molar-refractivity contribution in [3.05, 3.63) is 6.92 Å². The Bertz CT molecular complexity index is 23.6. The Morgan fingerprint density at radius 3 is 2.12 bits per heavy atom. The number of rotatable bonds is 4. The maximum atomic E-state index is 3.76. The summed E-state index contributed by atoms with van der Waals surface area (Å²) < 4.78 is 0. The summed E-state index contributed by atoms with van der Waals surface area (Å²) in [4.78, 5) is 0. The zero-order valence-electron chi connectivity index (χ0n) is 5.24. The van der Waals surface area contributed by atoms with E-state index in [1.54, 1.807) is 0 Å². The maximum Gasteiger partial charge on any atom is -0.0533 e. The van der Waals surface area contributed by atoms with Crippen LogP contribution in [-0.2, 0) is 0 Å². The molecule has 0 unspecified atom stereocenters. The second-order valence-electron chi connectivity index (χ2n) is 1.91. The molecule has 0 heterocycles. The Balaban J connectivity index is 0. The van der Waals surface area contributed by atoms with Crippen LogP contribution in [0.5, 0.6) is 0 Å².